The number of nitrogens with one attached hydrogen (secondary N) is 1. The van der Waals surface area contributed by atoms with Gasteiger partial charge in [0.15, 0.2) is 0 Å². The molecule has 21 heavy (non-hydrogen) atoms. The summed E-state index contributed by atoms with van der Waals surface area (Å²) in [5.41, 5.74) is 7.31. The minimum atomic E-state index is -3.48. The van der Waals surface area contributed by atoms with Gasteiger partial charge in [0.1, 0.15) is 0 Å². The zero-order chi connectivity index (χ0) is 15.7. The maximum absolute atomic E-state index is 12.7. The van der Waals surface area contributed by atoms with Crippen molar-refractivity contribution in [1.29, 1.82) is 0 Å². The van der Waals surface area contributed by atoms with Gasteiger partial charge in [0, 0.05) is 12.6 Å². The van der Waals surface area contributed by atoms with E-state index in [1.54, 1.807) is 12.1 Å². The third-order valence-electron chi connectivity index (χ3n) is 4.57. The maximum Gasteiger partial charge on any atom is 0.241 e. The molecule has 0 heterocycles. The van der Waals surface area contributed by atoms with E-state index in [0.717, 1.165) is 30.4 Å². The largest absolute Gasteiger partial charge is 0.326 e. The molecule has 118 valence electrons. The van der Waals surface area contributed by atoms with E-state index in [1.807, 2.05) is 13.0 Å². The van der Waals surface area contributed by atoms with Gasteiger partial charge in [0.2, 0.25) is 10.0 Å². The number of sulfonamides is 1. The molecule has 4 nitrogen and oxygen atoms in total. The molecule has 5 heteroatoms. The van der Waals surface area contributed by atoms with Gasteiger partial charge in [0.25, 0.3) is 0 Å². The molecule has 0 saturated heterocycles. The molecule has 1 aliphatic rings. The van der Waals surface area contributed by atoms with Crippen LogP contribution in [0.25, 0.3) is 0 Å². The predicted molar refractivity (Wildman–Crippen MR) is 85.4 cm³/mol. The lowest BCUT2D eigenvalue weighted by atomic mass is 9.74. The van der Waals surface area contributed by atoms with Gasteiger partial charge in [0.05, 0.1) is 4.90 Å². The van der Waals surface area contributed by atoms with Gasteiger partial charge < -0.3 is 5.73 Å². The van der Waals surface area contributed by atoms with E-state index >= 15 is 0 Å². The van der Waals surface area contributed by atoms with Crippen LogP contribution in [-0.4, -0.2) is 14.5 Å². The smallest absolute Gasteiger partial charge is 0.241 e. The average molecular weight is 310 g/mol. The summed E-state index contributed by atoms with van der Waals surface area (Å²) in [6.07, 6.45) is 4.23. The van der Waals surface area contributed by atoms with Crippen molar-refractivity contribution in [3.8, 4) is 0 Å². The minimum Gasteiger partial charge on any atom is -0.326 e. The SMILES string of the molecule is Cc1cc(CN)ccc1S(=O)(=O)NC1CCCCC1(C)C. The number of hydrogen-bond acceptors (Lipinski definition) is 3. The van der Waals surface area contributed by atoms with Crippen molar-refractivity contribution in [2.75, 3.05) is 0 Å². The summed E-state index contributed by atoms with van der Waals surface area (Å²) in [4.78, 5) is 0.362. The van der Waals surface area contributed by atoms with E-state index in [2.05, 4.69) is 18.6 Å². The van der Waals surface area contributed by atoms with Crippen LogP contribution in [0.4, 0.5) is 0 Å². The Hall–Kier alpha value is -0.910. The van der Waals surface area contributed by atoms with Crippen LogP contribution in [0.3, 0.4) is 0 Å². The van der Waals surface area contributed by atoms with E-state index in [-0.39, 0.29) is 11.5 Å². The summed E-state index contributed by atoms with van der Waals surface area (Å²) in [6, 6.07) is 5.30. The molecule has 0 spiro atoms. The van der Waals surface area contributed by atoms with Gasteiger partial charge in [-0.05, 0) is 42.4 Å². The quantitative estimate of drug-likeness (QED) is 0.898. The first-order chi connectivity index (χ1) is 9.76. The first-order valence-electron chi connectivity index (χ1n) is 7.58. The fraction of sp³-hybridized carbons (Fsp3) is 0.625. The van der Waals surface area contributed by atoms with E-state index in [0.29, 0.717) is 11.4 Å². The van der Waals surface area contributed by atoms with Crippen LogP contribution in [0, 0.1) is 12.3 Å². The van der Waals surface area contributed by atoms with E-state index in [1.165, 1.54) is 6.42 Å². The van der Waals surface area contributed by atoms with Crippen molar-refractivity contribution in [3.63, 3.8) is 0 Å². The molecular formula is C16H26N2O2S. The van der Waals surface area contributed by atoms with E-state index < -0.39 is 10.0 Å². The first-order valence-corrected chi connectivity index (χ1v) is 9.06. The van der Waals surface area contributed by atoms with Crippen LogP contribution >= 0.6 is 0 Å². The highest BCUT2D eigenvalue weighted by molar-refractivity contribution is 7.89. The molecule has 1 aliphatic carbocycles. The van der Waals surface area contributed by atoms with Gasteiger partial charge in [-0.3, -0.25) is 0 Å². The van der Waals surface area contributed by atoms with Crippen molar-refractivity contribution in [1.82, 2.24) is 4.72 Å². The number of nitrogens with two attached hydrogens (primary N) is 1. The standard InChI is InChI=1S/C16H26N2O2S/c1-12-10-13(11-17)7-8-14(12)21(19,20)18-15-6-4-5-9-16(15,2)3/h7-8,10,15,18H,4-6,9,11,17H2,1-3H3. The Morgan fingerprint density at radius 3 is 2.62 bits per heavy atom. The summed E-state index contributed by atoms with van der Waals surface area (Å²) in [5, 5.41) is 0. The van der Waals surface area contributed by atoms with Crippen LogP contribution in [0.5, 0.6) is 0 Å². The second-order valence-electron chi connectivity index (χ2n) is 6.71. The highest BCUT2D eigenvalue weighted by atomic mass is 32.2. The maximum atomic E-state index is 12.7. The lowest BCUT2D eigenvalue weighted by Gasteiger charge is -2.38. The molecule has 1 unspecified atom stereocenters. The van der Waals surface area contributed by atoms with Crippen LogP contribution < -0.4 is 10.5 Å². The summed E-state index contributed by atoms with van der Waals surface area (Å²) in [6.45, 7) is 6.53. The molecule has 0 amide bonds. The van der Waals surface area contributed by atoms with Crippen molar-refractivity contribution in [2.45, 2.75) is 63.9 Å². The van der Waals surface area contributed by atoms with Gasteiger partial charge in [-0.25, -0.2) is 13.1 Å². The van der Waals surface area contributed by atoms with Crippen LogP contribution in [0.1, 0.15) is 50.7 Å². The molecule has 0 radical (unpaired) electrons. The Morgan fingerprint density at radius 1 is 1.33 bits per heavy atom. The molecule has 3 N–H and O–H groups in total. The van der Waals surface area contributed by atoms with Gasteiger partial charge in [-0.15, -0.1) is 0 Å². The van der Waals surface area contributed by atoms with Gasteiger partial charge >= 0.3 is 0 Å². The van der Waals surface area contributed by atoms with Crippen LogP contribution in [0.2, 0.25) is 0 Å². The topological polar surface area (TPSA) is 72.2 Å². The Balaban J connectivity index is 2.26. The van der Waals surface area contributed by atoms with Gasteiger partial charge in [-0.2, -0.15) is 0 Å². The minimum absolute atomic E-state index is 0.00448. The molecule has 1 aromatic rings. The molecule has 1 saturated carbocycles. The highest BCUT2D eigenvalue weighted by Crippen LogP contribution is 2.36. The zero-order valence-corrected chi connectivity index (χ0v) is 14.0. The number of benzene rings is 1. The Bertz CT molecular complexity index is 609. The Kier molecular flexibility index (Phi) is 4.76. The highest BCUT2D eigenvalue weighted by Gasteiger charge is 2.35. The Morgan fingerprint density at radius 2 is 2.05 bits per heavy atom. The van der Waals surface area contributed by atoms with Crippen molar-refractivity contribution in [3.05, 3.63) is 29.3 Å². The summed E-state index contributed by atoms with van der Waals surface area (Å²) in [7, 11) is -3.48. The van der Waals surface area contributed by atoms with Gasteiger partial charge in [-0.1, -0.05) is 38.8 Å². The van der Waals surface area contributed by atoms with Crippen molar-refractivity contribution in [2.24, 2.45) is 11.1 Å². The van der Waals surface area contributed by atoms with E-state index in [9.17, 15) is 8.42 Å². The number of aryl methyl sites for hydroxylation is 1. The monoisotopic (exact) mass is 310 g/mol. The molecule has 0 aliphatic heterocycles. The molecule has 0 aromatic heterocycles. The third kappa shape index (κ3) is 3.65. The first kappa shape index (κ1) is 16.5. The Labute approximate surface area is 128 Å². The average Bonchev–Trinajstić information content (AvgIpc) is 2.40. The van der Waals surface area contributed by atoms with Crippen LogP contribution in [-0.2, 0) is 16.6 Å². The summed E-state index contributed by atoms with van der Waals surface area (Å²) >= 11 is 0. The summed E-state index contributed by atoms with van der Waals surface area (Å²) < 4.78 is 28.3. The lowest BCUT2D eigenvalue weighted by molar-refractivity contribution is 0.188. The molecule has 0 bridgehead atoms. The normalized spacial score (nSPS) is 22.2. The number of hydrogen-bond donors (Lipinski definition) is 2. The zero-order valence-electron chi connectivity index (χ0n) is 13.1. The molecular weight excluding hydrogens is 284 g/mol. The molecule has 1 atom stereocenters. The lowest BCUT2D eigenvalue weighted by Crippen LogP contribution is -2.46. The summed E-state index contributed by atoms with van der Waals surface area (Å²) in [5.74, 6) is 0. The van der Waals surface area contributed by atoms with E-state index in [4.69, 9.17) is 5.73 Å². The second kappa shape index (κ2) is 6.07. The third-order valence-corrected chi connectivity index (χ3v) is 6.20. The molecule has 1 fully saturated rings. The molecule has 2 rings (SSSR count). The fourth-order valence-corrected chi connectivity index (χ4v) is 4.77. The predicted octanol–water partition coefficient (Wildman–Crippen LogP) is 2.70. The number of rotatable bonds is 4. The van der Waals surface area contributed by atoms with Crippen molar-refractivity contribution < 1.29 is 8.42 Å². The molecule has 1 aromatic carbocycles. The van der Waals surface area contributed by atoms with Crippen LogP contribution in [0.15, 0.2) is 23.1 Å². The fourth-order valence-electron chi connectivity index (χ4n) is 3.10. The second-order valence-corrected chi connectivity index (χ2v) is 8.39. The van der Waals surface area contributed by atoms with Crippen molar-refractivity contribution >= 4 is 10.0 Å².